The average Bonchev–Trinajstić information content (AvgIpc) is 2.87. The van der Waals surface area contributed by atoms with E-state index in [1.54, 1.807) is 0 Å². The van der Waals surface area contributed by atoms with E-state index in [2.05, 4.69) is 40.3 Å². The maximum atomic E-state index is 6.10. The van der Waals surface area contributed by atoms with Crippen LogP contribution in [0.3, 0.4) is 0 Å². The van der Waals surface area contributed by atoms with Gasteiger partial charge < -0.3 is 15.2 Å². The van der Waals surface area contributed by atoms with E-state index < -0.39 is 0 Å². The maximum absolute atomic E-state index is 6.10. The first-order valence-corrected chi connectivity index (χ1v) is 7.28. The van der Waals surface area contributed by atoms with Crippen molar-refractivity contribution in [1.82, 2.24) is 19.4 Å². The van der Waals surface area contributed by atoms with Crippen LogP contribution >= 0.6 is 0 Å². The van der Waals surface area contributed by atoms with Crippen molar-refractivity contribution in [1.29, 1.82) is 0 Å². The Bertz CT molecular complexity index is 658. The lowest BCUT2D eigenvalue weighted by Crippen LogP contribution is -2.29. The topological polar surface area (TPSA) is 60.0 Å². The summed E-state index contributed by atoms with van der Waals surface area (Å²) in [6, 6.07) is 0.597. The molecule has 0 radical (unpaired) electrons. The van der Waals surface area contributed by atoms with Crippen molar-refractivity contribution in [2.75, 3.05) is 19.3 Å². The highest BCUT2D eigenvalue weighted by Gasteiger charge is 2.24. The van der Waals surface area contributed by atoms with Crippen LogP contribution in [0.1, 0.15) is 29.9 Å². The molecule has 0 bridgehead atoms. The van der Waals surface area contributed by atoms with E-state index in [-0.39, 0.29) is 0 Å². The van der Waals surface area contributed by atoms with E-state index in [1.165, 1.54) is 30.6 Å². The summed E-state index contributed by atoms with van der Waals surface area (Å²) in [7, 11) is 2.21. The van der Waals surface area contributed by atoms with Gasteiger partial charge in [-0.05, 0) is 52.8 Å². The molecule has 20 heavy (non-hydrogen) atoms. The predicted octanol–water partition coefficient (Wildman–Crippen LogP) is 2.03. The summed E-state index contributed by atoms with van der Waals surface area (Å²) in [4.78, 5) is 11.4. The molecule has 1 saturated heterocycles. The minimum Gasteiger partial charge on any atom is -0.383 e. The first-order chi connectivity index (χ1) is 9.49. The molecule has 2 N–H and O–H groups in total. The van der Waals surface area contributed by atoms with Gasteiger partial charge in [-0.15, -0.1) is 0 Å². The molecule has 0 aromatic carbocycles. The van der Waals surface area contributed by atoms with Crippen LogP contribution in [0.15, 0.2) is 0 Å². The predicted molar refractivity (Wildman–Crippen MR) is 81.8 cm³/mol. The smallest absolute Gasteiger partial charge is 0.146 e. The molecule has 108 valence electrons. The van der Waals surface area contributed by atoms with Crippen molar-refractivity contribution in [3.8, 4) is 0 Å². The zero-order chi connectivity index (χ0) is 14.4. The van der Waals surface area contributed by atoms with E-state index in [9.17, 15) is 0 Å². The lowest BCUT2D eigenvalue weighted by molar-refractivity contribution is 0.283. The van der Waals surface area contributed by atoms with E-state index in [4.69, 9.17) is 5.73 Å². The summed E-state index contributed by atoms with van der Waals surface area (Å²) >= 11 is 0. The number of aryl methyl sites for hydroxylation is 2. The third-order valence-corrected chi connectivity index (χ3v) is 4.67. The van der Waals surface area contributed by atoms with Gasteiger partial charge >= 0.3 is 0 Å². The van der Waals surface area contributed by atoms with Crippen LogP contribution in [0, 0.1) is 20.8 Å². The van der Waals surface area contributed by atoms with Gasteiger partial charge in [0.15, 0.2) is 0 Å². The Morgan fingerprint density at radius 1 is 1.25 bits per heavy atom. The standard InChI is InChI=1S/C15H23N5/c1-9-10(2)20(8-12-6-5-7-19(12)4)15-13(9)14(16)17-11(3)18-15/h12H,5-8H2,1-4H3,(H2,16,17,18). The molecular formula is C15H23N5. The van der Waals surface area contributed by atoms with Gasteiger partial charge in [-0.3, -0.25) is 0 Å². The van der Waals surface area contributed by atoms with Gasteiger partial charge in [0.05, 0.1) is 5.39 Å². The number of nitrogen functional groups attached to an aromatic ring is 1. The molecule has 2 aromatic heterocycles. The number of hydrogen-bond acceptors (Lipinski definition) is 4. The highest BCUT2D eigenvalue weighted by molar-refractivity contribution is 5.91. The molecule has 1 aliphatic rings. The minimum atomic E-state index is 0.597. The van der Waals surface area contributed by atoms with Crippen LogP contribution in [-0.2, 0) is 6.54 Å². The van der Waals surface area contributed by atoms with Gasteiger partial charge in [-0.1, -0.05) is 0 Å². The molecule has 1 fully saturated rings. The molecule has 0 aliphatic carbocycles. The van der Waals surface area contributed by atoms with Gasteiger partial charge in [0.1, 0.15) is 17.3 Å². The van der Waals surface area contributed by atoms with E-state index in [0.29, 0.717) is 11.9 Å². The molecule has 0 saturated carbocycles. The number of likely N-dealkylation sites (N-methyl/N-ethyl adjacent to an activating group) is 1. The van der Waals surface area contributed by atoms with Gasteiger partial charge in [-0.2, -0.15) is 0 Å². The number of nitrogens with two attached hydrogens (primary N) is 1. The van der Waals surface area contributed by atoms with E-state index in [1.807, 2.05) is 6.92 Å². The fourth-order valence-electron chi connectivity index (χ4n) is 3.32. The molecule has 3 heterocycles. The van der Waals surface area contributed by atoms with Crippen molar-refractivity contribution in [3.63, 3.8) is 0 Å². The molecule has 1 aliphatic heterocycles. The van der Waals surface area contributed by atoms with Crippen LogP contribution in [0.25, 0.3) is 11.0 Å². The molecule has 1 unspecified atom stereocenters. The summed E-state index contributed by atoms with van der Waals surface area (Å²) in [5.41, 5.74) is 9.55. The van der Waals surface area contributed by atoms with Crippen molar-refractivity contribution < 1.29 is 0 Å². The Kier molecular flexibility index (Phi) is 3.17. The number of hydrogen-bond donors (Lipinski definition) is 1. The average molecular weight is 273 g/mol. The largest absolute Gasteiger partial charge is 0.383 e. The van der Waals surface area contributed by atoms with Gasteiger partial charge in [0.2, 0.25) is 0 Å². The number of fused-ring (bicyclic) bond motifs is 1. The Labute approximate surface area is 119 Å². The fourth-order valence-corrected chi connectivity index (χ4v) is 3.32. The highest BCUT2D eigenvalue weighted by atomic mass is 15.2. The second-order valence-electron chi connectivity index (χ2n) is 5.95. The van der Waals surface area contributed by atoms with Crippen LogP contribution in [0.4, 0.5) is 5.82 Å². The van der Waals surface area contributed by atoms with Crippen molar-refractivity contribution in [3.05, 3.63) is 17.1 Å². The van der Waals surface area contributed by atoms with Crippen molar-refractivity contribution >= 4 is 16.9 Å². The Hall–Kier alpha value is -1.62. The summed E-state index contributed by atoms with van der Waals surface area (Å²) in [5.74, 6) is 1.35. The van der Waals surface area contributed by atoms with Gasteiger partial charge in [0.25, 0.3) is 0 Å². The first kappa shape index (κ1) is 13.4. The molecule has 0 spiro atoms. The Morgan fingerprint density at radius 2 is 2.00 bits per heavy atom. The molecule has 5 nitrogen and oxygen atoms in total. The molecular weight excluding hydrogens is 250 g/mol. The first-order valence-electron chi connectivity index (χ1n) is 7.28. The second-order valence-corrected chi connectivity index (χ2v) is 5.95. The Balaban J connectivity index is 2.12. The summed E-state index contributed by atoms with van der Waals surface area (Å²) in [5, 5.41) is 1.02. The minimum absolute atomic E-state index is 0.597. The van der Waals surface area contributed by atoms with Crippen molar-refractivity contribution in [2.45, 2.75) is 46.2 Å². The number of nitrogens with zero attached hydrogens (tertiary/aromatic N) is 4. The highest BCUT2D eigenvalue weighted by Crippen LogP contribution is 2.29. The van der Waals surface area contributed by atoms with Gasteiger partial charge in [0, 0.05) is 18.3 Å². The third-order valence-electron chi connectivity index (χ3n) is 4.67. The Morgan fingerprint density at radius 3 is 2.65 bits per heavy atom. The maximum Gasteiger partial charge on any atom is 0.146 e. The number of likely N-dealkylation sites (tertiary alicyclic amines) is 1. The summed E-state index contributed by atoms with van der Waals surface area (Å²) in [6.45, 7) is 8.35. The lowest BCUT2D eigenvalue weighted by atomic mass is 10.2. The normalized spacial score (nSPS) is 20.1. The molecule has 2 aromatic rings. The second kappa shape index (κ2) is 4.74. The SMILES string of the molecule is Cc1nc(N)c2c(C)c(C)n(CC3CCCN3C)c2n1. The number of anilines is 1. The number of rotatable bonds is 2. The zero-order valence-electron chi connectivity index (χ0n) is 12.8. The van der Waals surface area contributed by atoms with Gasteiger partial charge in [-0.25, -0.2) is 9.97 Å². The quantitative estimate of drug-likeness (QED) is 0.909. The zero-order valence-corrected chi connectivity index (χ0v) is 12.8. The van der Waals surface area contributed by atoms with Crippen LogP contribution in [0.5, 0.6) is 0 Å². The molecule has 0 amide bonds. The summed E-state index contributed by atoms with van der Waals surface area (Å²) < 4.78 is 2.32. The molecule has 1 atom stereocenters. The lowest BCUT2D eigenvalue weighted by Gasteiger charge is -2.21. The monoisotopic (exact) mass is 273 g/mol. The summed E-state index contributed by atoms with van der Waals surface area (Å²) in [6.07, 6.45) is 2.54. The molecule has 5 heteroatoms. The van der Waals surface area contributed by atoms with Crippen LogP contribution < -0.4 is 5.73 Å². The number of aromatic nitrogens is 3. The fraction of sp³-hybridized carbons (Fsp3) is 0.600. The van der Waals surface area contributed by atoms with E-state index in [0.717, 1.165) is 23.4 Å². The molecule has 3 rings (SSSR count). The van der Waals surface area contributed by atoms with Crippen LogP contribution in [0.2, 0.25) is 0 Å². The third kappa shape index (κ3) is 1.97. The van der Waals surface area contributed by atoms with E-state index >= 15 is 0 Å². The van der Waals surface area contributed by atoms with Crippen molar-refractivity contribution in [2.24, 2.45) is 0 Å². The van der Waals surface area contributed by atoms with Crippen LogP contribution in [-0.4, -0.2) is 39.1 Å².